The van der Waals surface area contributed by atoms with Gasteiger partial charge in [-0.25, -0.2) is 4.98 Å². The summed E-state index contributed by atoms with van der Waals surface area (Å²) >= 11 is 0. The van der Waals surface area contributed by atoms with Crippen molar-refractivity contribution in [3.05, 3.63) is 18.5 Å². The zero-order valence-corrected chi connectivity index (χ0v) is 10.2. The van der Waals surface area contributed by atoms with Crippen LogP contribution in [0.15, 0.2) is 18.5 Å². The third-order valence-corrected chi connectivity index (χ3v) is 1.63. The van der Waals surface area contributed by atoms with Crippen molar-refractivity contribution in [1.29, 1.82) is 0 Å². The average Bonchev–Trinajstić information content (AvgIpc) is 2.66. The Morgan fingerprint density at radius 3 is 2.40 bits per heavy atom. The Labute approximate surface area is 91.1 Å². The molecule has 0 fully saturated rings. The lowest BCUT2D eigenvalue weighted by molar-refractivity contribution is 0.946. The number of aromatic nitrogens is 3. The predicted octanol–water partition coefficient (Wildman–Crippen LogP) is 2.60. The van der Waals surface area contributed by atoms with Crippen molar-refractivity contribution in [3.63, 3.8) is 0 Å². The van der Waals surface area contributed by atoms with Gasteiger partial charge in [-0.3, -0.25) is 0 Å². The summed E-state index contributed by atoms with van der Waals surface area (Å²) in [4.78, 5) is 7.94. The largest absolute Gasteiger partial charge is 0.368 e. The van der Waals surface area contributed by atoms with Crippen molar-refractivity contribution in [3.8, 4) is 0 Å². The average molecular weight is 208 g/mol. The number of hydrogen-bond acceptors (Lipinski definition) is 3. The number of nitrogens with zero attached hydrogens (tertiary/aromatic N) is 3. The first-order chi connectivity index (χ1) is 7.27. The fourth-order valence-electron chi connectivity index (χ4n) is 1.06. The van der Waals surface area contributed by atoms with Crippen LogP contribution in [0.1, 0.15) is 27.7 Å². The first-order valence-electron chi connectivity index (χ1n) is 5.31. The number of hydrogen-bond donors (Lipinski definition) is 1. The molecule has 0 aliphatic heterocycles. The van der Waals surface area contributed by atoms with E-state index in [4.69, 9.17) is 5.73 Å². The minimum Gasteiger partial charge on any atom is -0.368 e. The monoisotopic (exact) mass is 208 g/mol. The van der Waals surface area contributed by atoms with Gasteiger partial charge in [0.2, 0.25) is 5.95 Å². The molecule has 4 heteroatoms. The van der Waals surface area contributed by atoms with Crippen LogP contribution in [0.3, 0.4) is 0 Å². The topological polar surface area (TPSA) is 56.7 Å². The van der Waals surface area contributed by atoms with E-state index in [1.165, 1.54) is 0 Å². The molecule has 0 atom stereocenters. The molecule has 4 nitrogen and oxygen atoms in total. The lowest BCUT2D eigenvalue weighted by atomic mass is 10.4. The van der Waals surface area contributed by atoms with Crippen LogP contribution in [-0.4, -0.2) is 14.5 Å². The van der Waals surface area contributed by atoms with E-state index in [9.17, 15) is 0 Å². The molecule has 2 rings (SSSR count). The summed E-state index contributed by atoms with van der Waals surface area (Å²) in [6.07, 6.45) is 3.65. The zero-order valence-electron chi connectivity index (χ0n) is 10.2. The van der Waals surface area contributed by atoms with Crippen molar-refractivity contribution >= 4 is 17.0 Å². The van der Waals surface area contributed by atoms with Crippen molar-refractivity contribution in [2.75, 3.05) is 5.73 Å². The fourth-order valence-corrected chi connectivity index (χ4v) is 1.06. The number of aryl methyl sites for hydroxylation is 1. The number of anilines is 1. The number of nitrogens with two attached hydrogens (primary N) is 1. The molecule has 0 spiro atoms. The molecule has 2 heterocycles. The summed E-state index contributed by atoms with van der Waals surface area (Å²) < 4.78 is 1.91. The second-order valence-electron chi connectivity index (χ2n) is 2.43. The van der Waals surface area contributed by atoms with Gasteiger partial charge in [-0.15, -0.1) is 0 Å². The molecule has 0 aliphatic carbocycles. The highest BCUT2D eigenvalue weighted by Crippen LogP contribution is 2.10. The van der Waals surface area contributed by atoms with Crippen LogP contribution in [0.4, 0.5) is 5.95 Å². The van der Waals surface area contributed by atoms with E-state index in [1.54, 1.807) is 6.20 Å². The van der Waals surface area contributed by atoms with Gasteiger partial charge in [-0.2, -0.15) is 4.98 Å². The van der Waals surface area contributed by atoms with Gasteiger partial charge in [0.25, 0.3) is 0 Å². The highest BCUT2D eigenvalue weighted by Gasteiger charge is 1.98. The SMILES string of the molecule is CC.CC.Cn1ccc2cnc(N)nc21. The van der Waals surface area contributed by atoms with E-state index in [2.05, 4.69) is 9.97 Å². The Hall–Kier alpha value is -1.58. The van der Waals surface area contributed by atoms with Crippen molar-refractivity contribution in [1.82, 2.24) is 14.5 Å². The minimum atomic E-state index is 0.319. The lowest BCUT2D eigenvalue weighted by Crippen LogP contribution is -1.95. The molecule has 2 aromatic rings. The number of rotatable bonds is 0. The summed E-state index contributed by atoms with van der Waals surface area (Å²) in [6, 6.07) is 1.95. The molecule has 0 aromatic carbocycles. The number of nitrogen functional groups attached to an aromatic ring is 1. The van der Waals surface area contributed by atoms with Crippen molar-refractivity contribution in [2.45, 2.75) is 27.7 Å². The maximum atomic E-state index is 5.42. The molecule has 0 bridgehead atoms. The third-order valence-electron chi connectivity index (χ3n) is 1.63. The van der Waals surface area contributed by atoms with E-state index >= 15 is 0 Å². The van der Waals surface area contributed by atoms with Crippen molar-refractivity contribution < 1.29 is 0 Å². The van der Waals surface area contributed by atoms with E-state index < -0.39 is 0 Å². The molecule has 2 N–H and O–H groups in total. The summed E-state index contributed by atoms with van der Waals surface area (Å²) in [5.41, 5.74) is 6.29. The van der Waals surface area contributed by atoms with Gasteiger partial charge in [-0.1, -0.05) is 27.7 Å². The quantitative estimate of drug-likeness (QED) is 0.724. The van der Waals surface area contributed by atoms with Crippen LogP contribution in [0.25, 0.3) is 11.0 Å². The standard InChI is InChI=1S/C7H8N4.2C2H6/c1-11-3-2-5-4-9-7(8)10-6(5)11;2*1-2/h2-4H,1H3,(H2,8,9,10);2*1-2H3. The Morgan fingerprint density at radius 1 is 1.20 bits per heavy atom. The van der Waals surface area contributed by atoms with E-state index in [0.717, 1.165) is 11.0 Å². The van der Waals surface area contributed by atoms with Gasteiger partial charge in [-0.05, 0) is 6.07 Å². The summed E-state index contributed by atoms with van der Waals surface area (Å²) in [5, 5.41) is 1.02. The molecule has 84 valence electrons. The molecule has 0 amide bonds. The van der Waals surface area contributed by atoms with Crippen LogP contribution in [0.5, 0.6) is 0 Å². The molecule has 0 aliphatic rings. The Balaban J connectivity index is 0.000000442. The van der Waals surface area contributed by atoms with E-state index in [1.807, 2.05) is 51.6 Å². The third kappa shape index (κ3) is 3.23. The highest BCUT2D eigenvalue weighted by atomic mass is 15.1. The van der Waals surface area contributed by atoms with E-state index in [-0.39, 0.29) is 0 Å². The molecule has 0 saturated carbocycles. The Bertz CT molecular complexity index is 392. The fraction of sp³-hybridized carbons (Fsp3) is 0.455. The van der Waals surface area contributed by atoms with E-state index in [0.29, 0.717) is 5.95 Å². The van der Waals surface area contributed by atoms with Crippen LogP contribution in [-0.2, 0) is 7.05 Å². The molecular weight excluding hydrogens is 188 g/mol. The highest BCUT2D eigenvalue weighted by molar-refractivity contribution is 5.75. The van der Waals surface area contributed by atoms with Gasteiger partial charge in [0.05, 0.1) is 0 Å². The van der Waals surface area contributed by atoms with Gasteiger partial charge in [0.15, 0.2) is 0 Å². The second kappa shape index (κ2) is 6.81. The van der Waals surface area contributed by atoms with Crippen LogP contribution in [0, 0.1) is 0 Å². The van der Waals surface area contributed by atoms with Crippen LogP contribution >= 0.6 is 0 Å². The molecule has 15 heavy (non-hydrogen) atoms. The van der Waals surface area contributed by atoms with Gasteiger partial charge < -0.3 is 10.3 Å². The van der Waals surface area contributed by atoms with Crippen LogP contribution in [0.2, 0.25) is 0 Å². The minimum absolute atomic E-state index is 0.319. The Kier molecular flexibility index (Phi) is 6.09. The summed E-state index contributed by atoms with van der Waals surface area (Å²) in [7, 11) is 1.93. The predicted molar refractivity (Wildman–Crippen MR) is 65.6 cm³/mol. The summed E-state index contributed by atoms with van der Waals surface area (Å²) in [5.74, 6) is 0.319. The van der Waals surface area contributed by atoms with Gasteiger partial charge in [0.1, 0.15) is 5.65 Å². The summed E-state index contributed by atoms with van der Waals surface area (Å²) in [6.45, 7) is 8.00. The van der Waals surface area contributed by atoms with Gasteiger partial charge >= 0.3 is 0 Å². The van der Waals surface area contributed by atoms with Crippen LogP contribution < -0.4 is 5.73 Å². The second-order valence-corrected chi connectivity index (χ2v) is 2.43. The maximum Gasteiger partial charge on any atom is 0.221 e. The normalized spacial score (nSPS) is 8.60. The molecule has 0 unspecified atom stereocenters. The maximum absolute atomic E-state index is 5.42. The van der Waals surface area contributed by atoms with Gasteiger partial charge in [0, 0.05) is 24.8 Å². The lowest BCUT2D eigenvalue weighted by Gasteiger charge is -1.94. The first-order valence-corrected chi connectivity index (χ1v) is 5.31. The smallest absolute Gasteiger partial charge is 0.221 e. The molecule has 2 aromatic heterocycles. The number of fused-ring (bicyclic) bond motifs is 1. The molecule has 0 saturated heterocycles. The molecular formula is C11H20N4. The molecule has 0 radical (unpaired) electrons. The zero-order chi connectivity index (χ0) is 11.8. The Morgan fingerprint density at radius 2 is 1.80 bits per heavy atom. The van der Waals surface area contributed by atoms with Crippen molar-refractivity contribution in [2.24, 2.45) is 7.05 Å². The first kappa shape index (κ1) is 13.4.